The van der Waals surface area contributed by atoms with Crippen molar-refractivity contribution >= 4 is 79.6 Å². The average Bonchev–Trinajstić information content (AvgIpc) is 3.38. The molecule has 6 aromatic carbocycles. The second kappa shape index (κ2) is 23.0. The van der Waals surface area contributed by atoms with Crippen molar-refractivity contribution in [3.63, 3.8) is 0 Å². The highest BCUT2D eigenvalue weighted by Crippen LogP contribution is 2.38. The number of ether oxygens (including phenoxy) is 2. The van der Waals surface area contributed by atoms with Crippen LogP contribution in [0.2, 0.25) is 10.0 Å². The van der Waals surface area contributed by atoms with Crippen LogP contribution in [0.1, 0.15) is 17.0 Å². The van der Waals surface area contributed by atoms with Crippen molar-refractivity contribution in [2.45, 2.75) is 19.3 Å². The number of rotatable bonds is 10. The molecule has 12 nitrogen and oxygen atoms in total. The van der Waals surface area contributed by atoms with Gasteiger partial charge in [-0.15, -0.1) is 0 Å². The molecule has 8 aromatic rings. The summed E-state index contributed by atoms with van der Waals surface area (Å²) in [5.74, 6) is 0. The summed E-state index contributed by atoms with van der Waals surface area (Å²) < 4.78 is 50.3. The van der Waals surface area contributed by atoms with Gasteiger partial charge in [0.25, 0.3) is 0 Å². The smallest absolute Gasteiger partial charge is 0.379 e. The number of pyridine rings is 2. The van der Waals surface area contributed by atoms with Gasteiger partial charge < -0.3 is 30.7 Å². The van der Waals surface area contributed by atoms with E-state index in [0.717, 1.165) is 139 Å². The van der Waals surface area contributed by atoms with Crippen LogP contribution in [0.5, 0.6) is 0 Å². The van der Waals surface area contributed by atoms with Crippen LogP contribution in [0, 0.1) is 0 Å². The Morgan fingerprint density at radius 2 is 1.00 bits per heavy atom. The number of benzene rings is 6. The Kier molecular flexibility index (Phi) is 15.9. The summed E-state index contributed by atoms with van der Waals surface area (Å²) in [4.78, 5) is 39.3. The molecule has 2 aliphatic heterocycles. The number of alkyl halides is 3. The van der Waals surface area contributed by atoms with Crippen LogP contribution in [-0.4, -0.2) is 84.4 Å². The summed E-state index contributed by atoms with van der Waals surface area (Å²) in [6.07, 6.45) is -0.862. The van der Waals surface area contributed by atoms with Gasteiger partial charge in [-0.2, -0.15) is 13.2 Å². The molecular formula is C55H49Cl2F3N8O4. The minimum atomic E-state index is -4.63. The van der Waals surface area contributed by atoms with Gasteiger partial charge in [-0.05, 0) is 82.6 Å². The Morgan fingerprint density at radius 1 is 0.528 bits per heavy atom. The summed E-state index contributed by atoms with van der Waals surface area (Å²) >= 11 is 11.7. The van der Waals surface area contributed by atoms with Crippen molar-refractivity contribution < 1.29 is 32.2 Å². The summed E-state index contributed by atoms with van der Waals surface area (Å²) in [5.41, 5.74) is 6.86. The van der Waals surface area contributed by atoms with E-state index in [1.165, 1.54) is 6.07 Å². The monoisotopic (exact) mass is 1010 g/mol. The molecule has 0 atom stereocenters. The highest BCUT2D eigenvalue weighted by molar-refractivity contribution is 6.31. The van der Waals surface area contributed by atoms with Crippen molar-refractivity contribution in [2.75, 3.05) is 73.9 Å². The molecule has 2 aliphatic rings. The van der Waals surface area contributed by atoms with Gasteiger partial charge in [0.15, 0.2) is 0 Å². The largest absolute Gasteiger partial charge is 0.417 e. The Hall–Kier alpha value is -7.11. The fourth-order valence-electron chi connectivity index (χ4n) is 8.61. The first kappa shape index (κ1) is 49.9. The Labute approximate surface area is 424 Å². The number of carbonyl (C=O) groups is 2. The predicted octanol–water partition coefficient (Wildman–Crippen LogP) is 13.1. The minimum absolute atomic E-state index is 0.0246. The maximum Gasteiger partial charge on any atom is 0.417 e. The quantitative estimate of drug-likeness (QED) is 0.106. The molecule has 0 aliphatic carbocycles. The molecule has 0 bridgehead atoms. The first-order chi connectivity index (χ1) is 34.9. The van der Waals surface area contributed by atoms with Gasteiger partial charge in [0.05, 0.1) is 59.8 Å². The van der Waals surface area contributed by atoms with Gasteiger partial charge >= 0.3 is 18.2 Å². The van der Waals surface area contributed by atoms with Gasteiger partial charge in [-0.1, -0.05) is 102 Å². The zero-order chi connectivity index (χ0) is 50.0. The number of hydrogen-bond acceptors (Lipinski definition) is 8. The molecule has 368 valence electrons. The summed E-state index contributed by atoms with van der Waals surface area (Å²) in [5, 5.41) is 14.8. The van der Waals surface area contributed by atoms with E-state index in [2.05, 4.69) is 54.3 Å². The number of urea groups is 2. The lowest BCUT2D eigenvalue weighted by atomic mass is 9.98. The van der Waals surface area contributed by atoms with Crippen molar-refractivity contribution in [3.8, 4) is 22.3 Å². The molecule has 0 spiro atoms. The molecule has 0 unspecified atom stereocenters. The number of nitrogens with zero attached hydrogens (tertiary/aromatic N) is 4. The first-order valence-corrected chi connectivity index (χ1v) is 24.0. The normalized spacial score (nSPS) is 14.3. The van der Waals surface area contributed by atoms with E-state index >= 15 is 0 Å². The molecule has 2 fully saturated rings. The SMILES string of the molecule is O=C(Nc1ccc(Cl)c(C(F)(F)F)c1)Nc1ccc(-c2ccc(CN3CCOCC3)nc2)c2ccccc12.O=C(Nc1cccc(Cl)c1)Nc1ccc(-c2ccc(CN3CCOCC3)nc2)c2ccccc12. The number of fused-ring (bicyclic) bond motifs is 2. The van der Waals surface area contributed by atoms with E-state index in [4.69, 9.17) is 37.7 Å². The van der Waals surface area contributed by atoms with Crippen LogP contribution in [-0.2, 0) is 28.7 Å². The number of aromatic nitrogens is 2. The zero-order valence-electron chi connectivity index (χ0n) is 38.8. The van der Waals surface area contributed by atoms with E-state index in [1.807, 2.05) is 85.2 Å². The standard InChI is InChI=1S/C28H24ClF3N4O2.C27H25ClN4O2/c29-25-9-7-19(15-24(25)28(30,31)32)34-27(37)35-26-10-8-21(22-3-1-2-4-23(22)26)18-5-6-20(33-16-18)17-36-11-13-38-14-12-36;28-20-4-3-5-21(16-20)30-27(33)31-26-11-10-23(24-6-1-2-7-25(24)26)19-8-9-22(29-17-19)18-32-12-14-34-15-13-32/h1-10,15-16H,11-14,17H2,(H2,34,35,37);1-11,16-17H,12-15,18H2,(H2,30,31,33). The third-order valence-corrected chi connectivity index (χ3v) is 12.8. The Morgan fingerprint density at radius 3 is 1.44 bits per heavy atom. The molecule has 4 heterocycles. The van der Waals surface area contributed by atoms with Gasteiger partial charge in [0.2, 0.25) is 0 Å². The fourth-order valence-corrected chi connectivity index (χ4v) is 9.02. The van der Waals surface area contributed by atoms with Crippen LogP contribution in [0.4, 0.5) is 45.5 Å². The van der Waals surface area contributed by atoms with E-state index in [9.17, 15) is 22.8 Å². The van der Waals surface area contributed by atoms with Crippen LogP contribution >= 0.6 is 23.2 Å². The van der Waals surface area contributed by atoms with E-state index < -0.39 is 22.8 Å². The lowest BCUT2D eigenvalue weighted by Gasteiger charge is -2.26. The van der Waals surface area contributed by atoms with Crippen molar-refractivity contribution in [1.29, 1.82) is 0 Å². The molecule has 0 saturated carbocycles. The molecule has 72 heavy (non-hydrogen) atoms. The first-order valence-electron chi connectivity index (χ1n) is 23.3. The number of halogens is 5. The second-order valence-corrected chi connectivity index (χ2v) is 18.0. The third-order valence-electron chi connectivity index (χ3n) is 12.2. The lowest BCUT2D eigenvalue weighted by Crippen LogP contribution is -2.35. The number of morpholine rings is 2. The van der Waals surface area contributed by atoms with E-state index in [1.54, 1.807) is 30.3 Å². The molecular weight excluding hydrogens is 965 g/mol. The second-order valence-electron chi connectivity index (χ2n) is 17.1. The Balaban J connectivity index is 0.000000179. The fraction of sp³-hybridized carbons (Fsp3) is 0.200. The lowest BCUT2D eigenvalue weighted by molar-refractivity contribution is -0.137. The maximum absolute atomic E-state index is 13.2. The summed E-state index contributed by atoms with van der Waals surface area (Å²) in [6.45, 7) is 8.27. The number of amides is 4. The Bertz CT molecular complexity index is 3190. The highest BCUT2D eigenvalue weighted by atomic mass is 35.5. The number of anilines is 4. The molecule has 2 aromatic heterocycles. The van der Waals surface area contributed by atoms with Gasteiger partial charge in [-0.3, -0.25) is 19.8 Å². The predicted molar refractivity (Wildman–Crippen MR) is 280 cm³/mol. The van der Waals surface area contributed by atoms with Crippen molar-refractivity contribution in [1.82, 2.24) is 19.8 Å². The minimum Gasteiger partial charge on any atom is -0.379 e. The summed E-state index contributed by atoms with van der Waals surface area (Å²) in [6, 6.07) is 40.8. The van der Waals surface area contributed by atoms with Gasteiger partial charge in [0, 0.05) is 90.0 Å². The maximum atomic E-state index is 13.2. The molecule has 0 radical (unpaired) electrons. The van der Waals surface area contributed by atoms with Crippen molar-refractivity contribution in [3.05, 3.63) is 179 Å². The third kappa shape index (κ3) is 12.7. The van der Waals surface area contributed by atoms with Gasteiger partial charge in [-0.25, -0.2) is 9.59 Å². The van der Waals surface area contributed by atoms with E-state index in [-0.39, 0.29) is 11.7 Å². The number of carbonyl (C=O) groups excluding carboxylic acids is 2. The van der Waals surface area contributed by atoms with Gasteiger partial charge in [0.1, 0.15) is 0 Å². The zero-order valence-corrected chi connectivity index (χ0v) is 40.3. The molecule has 2 saturated heterocycles. The topological polar surface area (TPSA) is 133 Å². The van der Waals surface area contributed by atoms with Crippen molar-refractivity contribution in [2.24, 2.45) is 0 Å². The van der Waals surface area contributed by atoms with Crippen LogP contribution < -0.4 is 21.3 Å². The molecule has 4 N–H and O–H groups in total. The summed E-state index contributed by atoms with van der Waals surface area (Å²) in [7, 11) is 0. The highest BCUT2D eigenvalue weighted by Gasteiger charge is 2.33. The molecule has 4 amide bonds. The average molecular weight is 1010 g/mol. The number of hydrogen-bond donors (Lipinski definition) is 4. The van der Waals surface area contributed by atoms with E-state index in [0.29, 0.717) is 16.4 Å². The van der Waals surface area contributed by atoms with Crippen LogP contribution in [0.15, 0.2) is 152 Å². The van der Waals surface area contributed by atoms with Crippen LogP contribution in [0.25, 0.3) is 43.8 Å². The molecule has 10 rings (SSSR count). The van der Waals surface area contributed by atoms with Crippen LogP contribution in [0.3, 0.4) is 0 Å². The molecule has 17 heteroatoms. The number of nitrogens with one attached hydrogen (secondary N) is 4.